The van der Waals surface area contributed by atoms with Crippen molar-refractivity contribution in [3.05, 3.63) is 100 Å². The fourth-order valence-corrected chi connectivity index (χ4v) is 5.46. The minimum atomic E-state index is -3.81. The van der Waals surface area contributed by atoms with E-state index < -0.39 is 28.5 Å². The first kappa shape index (κ1) is 28.4. The van der Waals surface area contributed by atoms with Gasteiger partial charge in [-0.1, -0.05) is 72.3 Å². The highest BCUT2D eigenvalue weighted by molar-refractivity contribution is 9.10. The van der Waals surface area contributed by atoms with E-state index >= 15 is 0 Å². The third-order valence-corrected chi connectivity index (χ3v) is 7.69. The maximum absolute atomic E-state index is 13.9. The van der Waals surface area contributed by atoms with Gasteiger partial charge in [-0.05, 0) is 53.0 Å². The number of carbonyl (C=O) groups is 2. The number of para-hydroxylation sites is 1. The van der Waals surface area contributed by atoms with Crippen LogP contribution in [0.5, 0.6) is 0 Å². The van der Waals surface area contributed by atoms with E-state index in [0.717, 1.165) is 27.3 Å². The lowest BCUT2D eigenvalue weighted by Crippen LogP contribution is -2.53. The lowest BCUT2D eigenvalue weighted by molar-refractivity contribution is -0.140. The number of aryl methyl sites for hydroxylation is 1. The first-order valence-corrected chi connectivity index (χ1v) is 14.6. The van der Waals surface area contributed by atoms with Crippen LogP contribution in [0.1, 0.15) is 23.6 Å². The number of hydrogen-bond donors (Lipinski definition) is 1. The molecule has 0 radical (unpaired) electrons. The Kier molecular flexibility index (Phi) is 9.88. The minimum absolute atomic E-state index is 0.154. The van der Waals surface area contributed by atoms with Gasteiger partial charge in [0.1, 0.15) is 12.6 Å². The lowest BCUT2D eigenvalue weighted by atomic mass is 10.0. The van der Waals surface area contributed by atoms with E-state index in [1.165, 1.54) is 4.90 Å². The van der Waals surface area contributed by atoms with E-state index in [1.807, 2.05) is 68.4 Å². The van der Waals surface area contributed by atoms with Gasteiger partial charge < -0.3 is 10.2 Å². The summed E-state index contributed by atoms with van der Waals surface area (Å²) >= 11 is 3.40. The van der Waals surface area contributed by atoms with Crippen molar-refractivity contribution in [2.75, 3.05) is 23.7 Å². The molecule has 7 nitrogen and oxygen atoms in total. The number of amides is 2. The molecule has 0 aliphatic heterocycles. The summed E-state index contributed by atoms with van der Waals surface area (Å²) in [7, 11) is -3.81. The topological polar surface area (TPSA) is 86.8 Å². The standard InChI is InChI=1S/C28H32BrN3O4S/c1-4-30-28(34)26(18-22-10-6-5-7-11-22)31(19-23-16-14-21(2)15-17-23)27(33)20-32(37(3,35)36)25-13-9-8-12-24(25)29/h5-17,26H,4,18-20H2,1-3H3,(H,30,34). The molecule has 3 aromatic carbocycles. The molecule has 0 saturated heterocycles. The number of rotatable bonds is 11. The summed E-state index contributed by atoms with van der Waals surface area (Å²) in [5, 5.41) is 2.85. The predicted octanol–water partition coefficient (Wildman–Crippen LogP) is 4.30. The van der Waals surface area contributed by atoms with Gasteiger partial charge in [0.15, 0.2) is 0 Å². The summed E-state index contributed by atoms with van der Waals surface area (Å²) in [4.78, 5) is 28.7. The number of hydrogen-bond acceptors (Lipinski definition) is 4. The highest BCUT2D eigenvalue weighted by Crippen LogP contribution is 2.28. The van der Waals surface area contributed by atoms with Crippen LogP contribution in [0, 0.1) is 6.92 Å². The van der Waals surface area contributed by atoms with Crippen LogP contribution in [0.2, 0.25) is 0 Å². The summed E-state index contributed by atoms with van der Waals surface area (Å²) in [6, 6.07) is 23.2. The van der Waals surface area contributed by atoms with Gasteiger partial charge in [-0.15, -0.1) is 0 Å². The van der Waals surface area contributed by atoms with Crippen molar-refractivity contribution in [2.45, 2.75) is 32.9 Å². The average molecular weight is 587 g/mol. The average Bonchev–Trinajstić information content (AvgIpc) is 2.86. The molecule has 1 N–H and O–H groups in total. The van der Waals surface area contributed by atoms with Crippen molar-refractivity contribution in [3.63, 3.8) is 0 Å². The summed E-state index contributed by atoms with van der Waals surface area (Å²) < 4.78 is 27.2. The molecule has 0 saturated carbocycles. The molecule has 0 aliphatic carbocycles. The van der Waals surface area contributed by atoms with Crippen LogP contribution in [0.15, 0.2) is 83.3 Å². The molecule has 0 aliphatic rings. The zero-order chi connectivity index (χ0) is 27.0. The first-order chi connectivity index (χ1) is 17.6. The van der Waals surface area contributed by atoms with Crippen LogP contribution in [-0.2, 0) is 32.6 Å². The largest absolute Gasteiger partial charge is 0.355 e. The molecule has 37 heavy (non-hydrogen) atoms. The highest BCUT2D eigenvalue weighted by atomic mass is 79.9. The van der Waals surface area contributed by atoms with Gasteiger partial charge in [-0.3, -0.25) is 13.9 Å². The monoisotopic (exact) mass is 585 g/mol. The van der Waals surface area contributed by atoms with Crippen LogP contribution < -0.4 is 9.62 Å². The molecule has 3 aromatic rings. The summed E-state index contributed by atoms with van der Waals surface area (Å²) in [5.41, 5.74) is 3.16. The number of nitrogens with one attached hydrogen (secondary N) is 1. The van der Waals surface area contributed by atoms with Crippen LogP contribution in [0.4, 0.5) is 5.69 Å². The Morgan fingerprint density at radius 2 is 1.54 bits per heavy atom. The molecule has 0 fully saturated rings. The number of benzene rings is 3. The Balaban J connectivity index is 2.04. The molecule has 0 aromatic heterocycles. The number of halogens is 1. The molecule has 0 bridgehead atoms. The number of likely N-dealkylation sites (N-methyl/N-ethyl adjacent to an activating group) is 1. The van der Waals surface area contributed by atoms with Crippen molar-refractivity contribution in [2.24, 2.45) is 0 Å². The van der Waals surface area contributed by atoms with Crippen molar-refractivity contribution < 1.29 is 18.0 Å². The van der Waals surface area contributed by atoms with Gasteiger partial charge in [0.05, 0.1) is 11.9 Å². The predicted molar refractivity (Wildman–Crippen MR) is 151 cm³/mol. The van der Waals surface area contributed by atoms with Gasteiger partial charge in [0, 0.05) is 24.0 Å². The van der Waals surface area contributed by atoms with E-state index in [4.69, 9.17) is 0 Å². The minimum Gasteiger partial charge on any atom is -0.355 e. The van der Waals surface area contributed by atoms with Crippen molar-refractivity contribution in [1.29, 1.82) is 0 Å². The number of carbonyl (C=O) groups excluding carboxylic acids is 2. The number of nitrogens with zero attached hydrogens (tertiary/aromatic N) is 2. The van der Waals surface area contributed by atoms with Crippen LogP contribution in [0.25, 0.3) is 0 Å². The zero-order valence-electron chi connectivity index (χ0n) is 21.2. The van der Waals surface area contributed by atoms with E-state index in [-0.39, 0.29) is 18.9 Å². The second kappa shape index (κ2) is 12.9. The summed E-state index contributed by atoms with van der Waals surface area (Å²) in [5.74, 6) is -0.771. The van der Waals surface area contributed by atoms with Crippen LogP contribution in [-0.4, -0.2) is 50.5 Å². The normalized spacial score (nSPS) is 12.0. The summed E-state index contributed by atoms with van der Waals surface area (Å²) in [6.45, 7) is 3.91. The van der Waals surface area contributed by atoms with Crippen LogP contribution >= 0.6 is 15.9 Å². The molecule has 3 rings (SSSR count). The molecule has 196 valence electrons. The number of sulfonamides is 1. The maximum Gasteiger partial charge on any atom is 0.244 e. The quantitative estimate of drug-likeness (QED) is 0.363. The van der Waals surface area contributed by atoms with Gasteiger partial charge in [-0.2, -0.15) is 0 Å². The van der Waals surface area contributed by atoms with Crippen LogP contribution in [0.3, 0.4) is 0 Å². The molecule has 1 unspecified atom stereocenters. The van der Waals surface area contributed by atoms with Crippen molar-refractivity contribution in [1.82, 2.24) is 10.2 Å². The maximum atomic E-state index is 13.9. The smallest absolute Gasteiger partial charge is 0.244 e. The van der Waals surface area contributed by atoms with E-state index in [9.17, 15) is 18.0 Å². The highest BCUT2D eigenvalue weighted by Gasteiger charge is 2.33. The van der Waals surface area contributed by atoms with Crippen molar-refractivity contribution in [3.8, 4) is 0 Å². The van der Waals surface area contributed by atoms with Gasteiger partial charge in [0.25, 0.3) is 0 Å². The number of anilines is 1. The second-order valence-electron chi connectivity index (χ2n) is 8.83. The summed E-state index contributed by atoms with van der Waals surface area (Å²) in [6.07, 6.45) is 1.35. The second-order valence-corrected chi connectivity index (χ2v) is 11.6. The molecule has 2 amide bonds. The molecule has 9 heteroatoms. The molecule has 0 heterocycles. The Morgan fingerprint density at radius 1 is 0.919 bits per heavy atom. The Hall–Kier alpha value is -3.17. The van der Waals surface area contributed by atoms with Gasteiger partial charge >= 0.3 is 0 Å². The van der Waals surface area contributed by atoms with E-state index in [2.05, 4.69) is 21.2 Å². The fraction of sp³-hybridized carbons (Fsp3) is 0.286. The third kappa shape index (κ3) is 7.90. The van der Waals surface area contributed by atoms with E-state index in [1.54, 1.807) is 24.3 Å². The Labute approximate surface area is 227 Å². The fourth-order valence-electron chi connectivity index (χ4n) is 3.98. The van der Waals surface area contributed by atoms with Crippen molar-refractivity contribution >= 4 is 43.5 Å². The van der Waals surface area contributed by atoms with Gasteiger partial charge in [0.2, 0.25) is 21.8 Å². The zero-order valence-corrected chi connectivity index (χ0v) is 23.6. The van der Waals surface area contributed by atoms with Gasteiger partial charge in [-0.25, -0.2) is 8.42 Å². The molecular formula is C28H32BrN3O4S. The third-order valence-electron chi connectivity index (χ3n) is 5.90. The first-order valence-electron chi connectivity index (χ1n) is 12.0. The molecule has 0 spiro atoms. The SMILES string of the molecule is CCNC(=O)C(Cc1ccccc1)N(Cc1ccc(C)cc1)C(=O)CN(c1ccccc1Br)S(C)(=O)=O. The lowest BCUT2D eigenvalue weighted by Gasteiger charge is -2.33. The Morgan fingerprint density at radius 3 is 2.14 bits per heavy atom. The Bertz CT molecular complexity index is 1310. The van der Waals surface area contributed by atoms with E-state index in [0.29, 0.717) is 16.7 Å². The molecule has 1 atom stereocenters. The molecular weight excluding hydrogens is 554 g/mol.